The van der Waals surface area contributed by atoms with Crippen LogP contribution >= 0.6 is 11.6 Å². The number of nitrogens with two attached hydrogens (primary N) is 1. The Labute approximate surface area is 98.8 Å². The van der Waals surface area contributed by atoms with E-state index in [-0.39, 0.29) is 11.6 Å². The first-order valence-electron chi connectivity index (χ1n) is 5.06. The van der Waals surface area contributed by atoms with Gasteiger partial charge in [0.1, 0.15) is 5.82 Å². The average Bonchev–Trinajstić information content (AvgIpc) is 2.23. The summed E-state index contributed by atoms with van der Waals surface area (Å²) in [6.45, 7) is 1.93. The number of hydrogen-bond donors (Lipinski definition) is 2. The molecule has 0 unspecified atom stereocenters. The van der Waals surface area contributed by atoms with Crippen LogP contribution in [0.2, 0.25) is 5.02 Å². The molecule has 88 valence electrons. The van der Waals surface area contributed by atoms with Crippen molar-refractivity contribution in [3.8, 4) is 0 Å². The molecule has 1 amide bonds. The van der Waals surface area contributed by atoms with Gasteiger partial charge < -0.3 is 11.1 Å². The number of nitrogens with one attached hydrogen (secondary N) is 1. The van der Waals surface area contributed by atoms with Crippen molar-refractivity contribution in [3.05, 3.63) is 29.0 Å². The molecular weight excluding hydrogens is 231 g/mol. The zero-order valence-corrected chi connectivity index (χ0v) is 9.72. The van der Waals surface area contributed by atoms with E-state index in [1.807, 2.05) is 6.92 Å². The van der Waals surface area contributed by atoms with E-state index in [1.54, 1.807) is 0 Å². The normalized spacial score (nSPS) is 12.2. The maximum absolute atomic E-state index is 12.9. The van der Waals surface area contributed by atoms with E-state index < -0.39 is 11.9 Å². The number of rotatable bonds is 4. The van der Waals surface area contributed by atoms with Crippen LogP contribution in [0.4, 0.5) is 10.1 Å². The smallest absolute Gasteiger partial charge is 0.241 e. The van der Waals surface area contributed by atoms with E-state index in [9.17, 15) is 9.18 Å². The van der Waals surface area contributed by atoms with Crippen molar-refractivity contribution < 1.29 is 9.18 Å². The molecule has 0 aliphatic heterocycles. The third kappa shape index (κ3) is 3.47. The molecule has 1 aromatic carbocycles. The van der Waals surface area contributed by atoms with Crippen molar-refractivity contribution in [2.75, 3.05) is 5.32 Å². The lowest BCUT2D eigenvalue weighted by molar-refractivity contribution is -0.117. The molecule has 0 aliphatic rings. The fourth-order valence-corrected chi connectivity index (χ4v) is 1.43. The lowest BCUT2D eigenvalue weighted by Crippen LogP contribution is -2.35. The summed E-state index contributed by atoms with van der Waals surface area (Å²) in [7, 11) is 0. The lowest BCUT2D eigenvalue weighted by Gasteiger charge is -2.12. The fourth-order valence-electron chi connectivity index (χ4n) is 1.26. The van der Waals surface area contributed by atoms with Gasteiger partial charge >= 0.3 is 0 Å². The van der Waals surface area contributed by atoms with Crippen molar-refractivity contribution in [1.29, 1.82) is 0 Å². The largest absolute Gasteiger partial charge is 0.323 e. The highest BCUT2D eigenvalue weighted by atomic mass is 35.5. The summed E-state index contributed by atoms with van der Waals surface area (Å²) in [6, 6.07) is 3.19. The third-order valence-corrected chi connectivity index (χ3v) is 2.45. The van der Waals surface area contributed by atoms with Gasteiger partial charge in [-0.3, -0.25) is 4.79 Å². The van der Waals surface area contributed by atoms with Crippen molar-refractivity contribution in [1.82, 2.24) is 0 Å². The SMILES string of the molecule is CCC[C@H](N)C(=O)Nc1cc(F)ccc1Cl. The Morgan fingerprint density at radius 2 is 2.31 bits per heavy atom. The van der Waals surface area contributed by atoms with Crippen molar-refractivity contribution in [2.24, 2.45) is 5.73 Å². The molecule has 0 bridgehead atoms. The molecule has 0 heterocycles. The number of anilines is 1. The highest BCUT2D eigenvalue weighted by molar-refractivity contribution is 6.33. The van der Waals surface area contributed by atoms with Crippen LogP contribution in [-0.4, -0.2) is 11.9 Å². The minimum atomic E-state index is -0.593. The molecule has 0 spiro atoms. The molecule has 5 heteroatoms. The molecule has 0 aliphatic carbocycles. The Bertz CT molecular complexity index is 384. The van der Waals surface area contributed by atoms with Gasteiger partial charge in [-0.2, -0.15) is 0 Å². The number of carbonyl (C=O) groups excluding carboxylic acids is 1. The van der Waals surface area contributed by atoms with Gasteiger partial charge in [0.25, 0.3) is 0 Å². The highest BCUT2D eigenvalue weighted by Gasteiger charge is 2.13. The standard InChI is InChI=1S/C11H14ClFN2O/c1-2-3-9(14)11(16)15-10-6-7(13)4-5-8(10)12/h4-6,9H,2-3,14H2,1H3,(H,15,16)/t9-/m0/s1. The molecule has 0 saturated carbocycles. The molecular formula is C11H14ClFN2O. The Hall–Kier alpha value is -1.13. The molecule has 0 aromatic heterocycles. The van der Waals surface area contributed by atoms with Gasteiger partial charge in [0.05, 0.1) is 16.8 Å². The first-order valence-corrected chi connectivity index (χ1v) is 5.44. The van der Waals surface area contributed by atoms with Crippen LogP contribution in [0.25, 0.3) is 0 Å². The predicted molar refractivity (Wildman–Crippen MR) is 62.9 cm³/mol. The van der Waals surface area contributed by atoms with Gasteiger partial charge in [0.2, 0.25) is 5.91 Å². The van der Waals surface area contributed by atoms with Crippen molar-refractivity contribution in [3.63, 3.8) is 0 Å². The van der Waals surface area contributed by atoms with E-state index in [0.29, 0.717) is 11.4 Å². The van der Waals surface area contributed by atoms with Crippen LogP contribution in [0.5, 0.6) is 0 Å². The van der Waals surface area contributed by atoms with E-state index in [0.717, 1.165) is 6.42 Å². The molecule has 0 fully saturated rings. The van der Waals surface area contributed by atoms with Gasteiger partial charge in [-0.1, -0.05) is 24.9 Å². The number of carbonyl (C=O) groups is 1. The highest BCUT2D eigenvalue weighted by Crippen LogP contribution is 2.22. The minimum Gasteiger partial charge on any atom is -0.323 e. The van der Waals surface area contributed by atoms with Gasteiger partial charge in [0.15, 0.2) is 0 Å². The summed E-state index contributed by atoms with van der Waals surface area (Å²) in [5.41, 5.74) is 5.86. The molecule has 1 rings (SSSR count). The second-order valence-corrected chi connectivity index (χ2v) is 3.92. The van der Waals surface area contributed by atoms with Gasteiger partial charge in [-0.15, -0.1) is 0 Å². The van der Waals surface area contributed by atoms with Crippen LogP contribution < -0.4 is 11.1 Å². The zero-order valence-electron chi connectivity index (χ0n) is 8.97. The summed E-state index contributed by atoms with van der Waals surface area (Å²) >= 11 is 5.80. The van der Waals surface area contributed by atoms with Crippen LogP contribution in [-0.2, 0) is 4.79 Å². The number of amides is 1. The molecule has 0 saturated heterocycles. The quantitative estimate of drug-likeness (QED) is 0.855. The van der Waals surface area contributed by atoms with E-state index in [4.69, 9.17) is 17.3 Å². The summed E-state index contributed by atoms with van der Waals surface area (Å²) in [5.74, 6) is -0.807. The predicted octanol–water partition coefficient (Wildman–Crippen LogP) is 2.55. The van der Waals surface area contributed by atoms with E-state index in [1.165, 1.54) is 18.2 Å². The maximum atomic E-state index is 12.9. The molecule has 0 radical (unpaired) electrons. The molecule has 3 N–H and O–H groups in total. The second-order valence-electron chi connectivity index (χ2n) is 3.51. The zero-order chi connectivity index (χ0) is 12.1. The number of halogens is 2. The first-order chi connectivity index (χ1) is 7.54. The monoisotopic (exact) mass is 244 g/mol. The van der Waals surface area contributed by atoms with Gasteiger partial charge in [0, 0.05) is 0 Å². The lowest BCUT2D eigenvalue weighted by atomic mass is 10.1. The Morgan fingerprint density at radius 1 is 1.62 bits per heavy atom. The Balaban J connectivity index is 2.72. The number of hydrogen-bond acceptors (Lipinski definition) is 2. The van der Waals surface area contributed by atoms with Crippen LogP contribution in [0, 0.1) is 5.82 Å². The van der Waals surface area contributed by atoms with Crippen molar-refractivity contribution >= 4 is 23.2 Å². The molecule has 1 atom stereocenters. The summed E-state index contributed by atoms with van der Waals surface area (Å²) < 4.78 is 12.9. The van der Waals surface area contributed by atoms with Crippen LogP contribution in [0.3, 0.4) is 0 Å². The maximum Gasteiger partial charge on any atom is 0.241 e. The molecule has 3 nitrogen and oxygen atoms in total. The Morgan fingerprint density at radius 3 is 2.94 bits per heavy atom. The summed E-state index contributed by atoms with van der Waals surface area (Å²) in [6.07, 6.45) is 1.39. The average molecular weight is 245 g/mol. The minimum absolute atomic E-state index is 0.248. The van der Waals surface area contributed by atoms with Gasteiger partial charge in [-0.25, -0.2) is 4.39 Å². The van der Waals surface area contributed by atoms with E-state index in [2.05, 4.69) is 5.32 Å². The number of benzene rings is 1. The topological polar surface area (TPSA) is 55.1 Å². The second kappa shape index (κ2) is 5.82. The van der Waals surface area contributed by atoms with E-state index >= 15 is 0 Å². The fraction of sp³-hybridized carbons (Fsp3) is 0.364. The third-order valence-electron chi connectivity index (χ3n) is 2.12. The van der Waals surface area contributed by atoms with Crippen molar-refractivity contribution in [2.45, 2.75) is 25.8 Å². The summed E-state index contributed by atoms with van der Waals surface area (Å²) in [5, 5.41) is 2.79. The Kier molecular flexibility index (Phi) is 4.71. The van der Waals surface area contributed by atoms with Gasteiger partial charge in [-0.05, 0) is 24.6 Å². The van der Waals surface area contributed by atoms with Crippen LogP contribution in [0.15, 0.2) is 18.2 Å². The first kappa shape index (κ1) is 12.9. The molecule has 16 heavy (non-hydrogen) atoms. The summed E-state index contributed by atoms with van der Waals surface area (Å²) in [4.78, 5) is 11.5. The van der Waals surface area contributed by atoms with Crippen LogP contribution in [0.1, 0.15) is 19.8 Å². The molecule has 1 aromatic rings.